The van der Waals surface area contributed by atoms with Crippen molar-refractivity contribution in [3.8, 4) is 6.07 Å². The van der Waals surface area contributed by atoms with Crippen molar-refractivity contribution in [3.63, 3.8) is 0 Å². The summed E-state index contributed by atoms with van der Waals surface area (Å²) in [6, 6.07) is 11.6. The van der Waals surface area contributed by atoms with Gasteiger partial charge in [0.25, 0.3) is 5.91 Å². The lowest BCUT2D eigenvalue weighted by Gasteiger charge is -2.34. The monoisotopic (exact) mass is 433 g/mol. The third-order valence-corrected chi connectivity index (χ3v) is 5.83. The highest BCUT2D eigenvalue weighted by molar-refractivity contribution is 6.02. The number of benzene rings is 1. The standard InChI is InChI=1S/C25H31N5O2/c1-5-9-30-19(3)15-21(20(30)4)16-22(17-26)24(31)28-10-12-29(13-11-28)25(32)27-23-8-6-7-18(2)14-23/h6-8,14-16H,5,9-13H2,1-4H3,(H,27,32)/b22-16+. The first-order valence-corrected chi connectivity index (χ1v) is 11.0. The molecular weight excluding hydrogens is 402 g/mol. The van der Waals surface area contributed by atoms with E-state index in [9.17, 15) is 14.9 Å². The van der Waals surface area contributed by atoms with E-state index in [4.69, 9.17) is 0 Å². The van der Waals surface area contributed by atoms with Crippen LogP contribution in [0.25, 0.3) is 6.08 Å². The minimum absolute atomic E-state index is 0.124. The van der Waals surface area contributed by atoms with Crippen LogP contribution < -0.4 is 5.32 Å². The maximum Gasteiger partial charge on any atom is 0.321 e. The van der Waals surface area contributed by atoms with Crippen molar-refractivity contribution in [1.29, 1.82) is 5.26 Å². The van der Waals surface area contributed by atoms with E-state index in [0.29, 0.717) is 26.2 Å². The van der Waals surface area contributed by atoms with Gasteiger partial charge in [-0.15, -0.1) is 0 Å². The molecule has 1 aliphatic rings. The summed E-state index contributed by atoms with van der Waals surface area (Å²) >= 11 is 0. The molecule has 2 heterocycles. The van der Waals surface area contributed by atoms with E-state index in [-0.39, 0.29) is 17.5 Å². The van der Waals surface area contributed by atoms with Crippen LogP contribution in [0.4, 0.5) is 10.5 Å². The van der Waals surface area contributed by atoms with E-state index in [0.717, 1.165) is 41.2 Å². The number of aryl methyl sites for hydroxylation is 2. The van der Waals surface area contributed by atoms with Crippen molar-refractivity contribution in [2.75, 3.05) is 31.5 Å². The molecule has 0 aliphatic carbocycles. The molecule has 0 radical (unpaired) electrons. The Kier molecular flexibility index (Phi) is 7.37. The number of hydrogen-bond donors (Lipinski definition) is 1. The van der Waals surface area contributed by atoms with E-state index >= 15 is 0 Å². The zero-order valence-corrected chi connectivity index (χ0v) is 19.3. The summed E-state index contributed by atoms with van der Waals surface area (Å²) in [6.07, 6.45) is 2.71. The van der Waals surface area contributed by atoms with Crippen molar-refractivity contribution >= 4 is 23.7 Å². The largest absolute Gasteiger partial charge is 0.349 e. The molecular formula is C25H31N5O2. The van der Waals surface area contributed by atoms with Crippen LogP contribution >= 0.6 is 0 Å². The van der Waals surface area contributed by atoms with Crippen molar-refractivity contribution in [1.82, 2.24) is 14.4 Å². The Labute approximate surface area is 189 Å². The van der Waals surface area contributed by atoms with Crippen LogP contribution in [-0.4, -0.2) is 52.5 Å². The van der Waals surface area contributed by atoms with Gasteiger partial charge in [0, 0.05) is 49.8 Å². The molecule has 1 aliphatic heterocycles. The lowest BCUT2D eigenvalue weighted by atomic mass is 10.1. The number of anilines is 1. The average Bonchev–Trinajstić information content (AvgIpc) is 3.04. The number of carbonyl (C=O) groups excluding carboxylic acids is 2. The van der Waals surface area contributed by atoms with Crippen molar-refractivity contribution in [2.45, 2.75) is 40.7 Å². The smallest absolute Gasteiger partial charge is 0.321 e. The summed E-state index contributed by atoms with van der Waals surface area (Å²) in [5, 5.41) is 12.5. The van der Waals surface area contributed by atoms with E-state index < -0.39 is 0 Å². The molecule has 7 nitrogen and oxygen atoms in total. The van der Waals surface area contributed by atoms with Gasteiger partial charge in [0.2, 0.25) is 0 Å². The van der Waals surface area contributed by atoms with Gasteiger partial charge in [-0.3, -0.25) is 4.79 Å². The molecule has 0 unspecified atom stereocenters. The van der Waals surface area contributed by atoms with Gasteiger partial charge >= 0.3 is 6.03 Å². The zero-order valence-electron chi connectivity index (χ0n) is 19.3. The highest BCUT2D eigenvalue weighted by atomic mass is 16.2. The van der Waals surface area contributed by atoms with Crippen LogP contribution in [0.3, 0.4) is 0 Å². The number of amides is 3. The molecule has 1 aromatic carbocycles. The van der Waals surface area contributed by atoms with Gasteiger partial charge in [-0.25, -0.2) is 4.79 Å². The second kappa shape index (κ2) is 10.2. The van der Waals surface area contributed by atoms with Gasteiger partial charge < -0.3 is 19.7 Å². The number of nitriles is 1. The first-order chi connectivity index (χ1) is 15.3. The van der Waals surface area contributed by atoms with Crippen LogP contribution in [0, 0.1) is 32.1 Å². The van der Waals surface area contributed by atoms with E-state index in [1.165, 1.54) is 0 Å². The van der Waals surface area contributed by atoms with Crippen molar-refractivity contribution < 1.29 is 9.59 Å². The Morgan fingerprint density at radius 3 is 2.41 bits per heavy atom. The molecule has 0 bridgehead atoms. The minimum Gasteiger partial charge on any atom is -0.349 e. The van der Waals surface area contributed by atoms with Crippen LogP contribution in [0.5, 0.6) is 0 Å². The molecule has 2 aromatic rings. The Morgan fingerprint density at radius 2 is 1.78 bits per heavy atom. The quantitative estimate of drug-likeness (QED) is 0.569. The molecule has 168 valence electrons. The molecule has 0 saturated carbocycles. The number of rotatable bonds is 5. The first kappa shape index (κ1) is 23.1. The number of nitrogens with one attached hydrogen (secondary N) is 1. The lowest BCUT2D eigenvalue weighted by molar-refractivity contribution is -0.127. The number of urea groups is 1. The average molecular weight is 434 g/mol. The SMILES string of the molecule is CCCn1c(C)cc(/C=C(\C#N)C(=O)N2CCN(C(=O)Nc3cccc(C)c3)CC2)c1C. The number of hydrogen-bond acceptors (Lipinski definition) is 3. The van der Waals surface area contributed by atoms with Crippen LogP contribution in [0.15, 0.2) is 35.9 Å². The van der Waals surface area contributed by atoms with Gasteiger partial charge in [0.05, 0.1) is 0 Å². The normalized spacial score (nSPS) is 14.3. The number of aromatic nitrogens is 1. The molecule has 3 rings (SSSR count). The molecule has 1 aromatic heterocycles. The van der Waals surface area contributed by atoms with Gasteiger partial charge in [0.15, 0.2) is 0 Å². The maximum atomic E-state index is 13.0. The van der Waals surface area contributed by atoms with Crippen molar-refractivity contribution in [2.24, 2.45) is 0 Å². The number of piperazine rings is 1. The highest BCUT2D eigenvalue weighted by Crippen LogP contribution is 2.20. The van der Waals surface area contributed by atoms with Gasteiger partial charge in [-0.2, -0.15) is 5.26 Å². The summed E-state index contributed by atoms with van der Waals surface area (Å²) in [4.78, 5) is 28.9. The number of nitrogens with zero attached hydrogens (tertiary/aromatic N) is 4. The third-order valence-electron chi connectivity index (χ3n) is 5.83. The summed E-state index contributed by atoms with van der Waals surface area (Å²) < 4.78 is 2.21. The van der Waals surface area contributed by atoms with Gasteiger partial charge in [0.1, 0.15) is 11.6 Å². The zero-order chi connectivity index (χ0) is 23.3. The molecule has 1 saturated heterocycles. The predicted molar refractivity (Wildman–Crippen MR) is 126 cm³/mol. The Bertz CT molecular complexity index is 1070. The Balaban J connectivity index is 1.64. The topological polar surface area (TPSA) is 81.4 Å². The van der Waals surface area contributed by atoms with E-state index in [2.05, 4.69) is 22.9 Å². The van der Waals surface area contributed by atoms with Crippen LogP contribution in [0.2, 0.25) is 0 Å². The highest BCUT2D eigenvalue weighted by Gasteiger charge is 2.26. The van der Waals surface area contributed by atoms with Crippen LogP contribution in [0.1, 0.15) is 35.9 Å². The molecule has 0 atom stereocenters. The Hall–Kier alpha value is -3.53. The fourth-order valence-electron chi connectivity index (χ4n) is 4.05. The first-order valence-electron chi connectivity index (χ1n) is 11.0. The maximum absolute atomic E-state index is 13.0. The van der Waals surface area contributed by atoms with E-state index in [1.54, 1.807) is 15.9 Å². The fourth-order valence-corrected chi connectivity index (χ4v) is 4.05. The van der Waals surface area contributed by atoms with Crippen molar-refractivity contribution in [3.05, 3.63) is 58.4 Å². The molecule has 32 heavy (non-hydrogen) atoms. The van der Waals surface area contributed by atoms with Gasteiger partial charge in [-0.05, 0) is 62.6 Å². The fraction of sp³-hybridized carbons (Fsp3) is 0.400. The molecule has 1 N–H and O–H groups in total. The van der Waals surface area contributed by atoms with Crippen LogP contribution in [-0.2, 0) is 11.3 Å². The lowest BCUT2D eigenvalue weighted by Crippen LogP contribution is -2.51. The summed E-state index contributed by atoms with van der Waals surface area (Å²) in [7, 11) is 0. The van der Waals surface area contributed by atoms with E-state index in [1.807, 2.05) is 51.1 Å². The second-order valence-electron chi connectivity index (χ2n) is 8.23. The predicted octanol–water partition coefficient (Wildman–Crippen LogP) is 4.11. The number of carbonyl (C=O) groups is 2. The summed E-state index contributed by atoms with van der Waals surface area (Å²) in [5.74, 6) is -0.286. The third kappa shape index (κ3) is 5.20. The Morgan fingerprint density at radius 1 is 1.09 bits per heavy atom. The summed E-state index contributed by atoms with van der Waals surface area (Å²) in [6.45, 7) is 10.7. The summed E-state index contributed by atoms with van der Waals surface area (Å²) in [5.41, 5.74) is 5.03. The molecule has 1 fully saturated rings. The van der Waals surface area contributed by atoms with Gasteiger partial charge in [-0.1, -0.05) is 19.1 Å². The molecule has 3 amide bonds. The molecule has 7 heteroatoms. The molecule has 0 spiro atoms. The second-order valence-corrected chi connectivity index (χ2v) is 8.23. The minimum atomic E-state index is -0.286.